The van der Waals surface area contributed by atoms with Crippen LogP contribution in [0.2, 0.25) is 0 Å². The summed E-state index contributed by atoms with van der Waals surface area (Å²) < 4.78 is 0. The number of hydrogen-bond acceptors (Lipinski definition) is 2. The lowest BCUT2D eigenvalue weighted by molar-refractivity contribution is 0.183. The lowest BCUT2D eigenvalue weighted by Crippen LogP contribution is -2.44. The highest BCUT2D eigenvalue weighted by Crippen LogP contribution is 2.16. The molecule has 0 aromatic carbocycles. The van der Waals surface area contributed by atoms with Gasteiger partial charge in [0.2, 0.25) is 0 Å². The van der Waals surface area contributed by atoms with E-state index in [4.69, 9.17) is 6.42 Å². The fourth-order valence-electron chi connectivity index (χ4n) is 2.04. The summed E-state index contributed by atoms with van der Waals surface area (Å²) in [6, 6.07) is 0. The van der Waals surface area contributed by atoms with Gasteiger partial charge in [0.05, 0.1) is 6.54 Å². The van der Waals surface area contributed by atoms with Crippen molar-refractivity contribution in [2.45, 2.75) is 39.2 Å². The Morgan fingerprint density at radius 3 is 2.80 bits per heavy atom. The highest BCUT2D eigenvalue weighted by molar-refractivity contribution is 4.90. The zero-order valence-corrected chi connectivity index (χ0v) is 10.3. The van der Waals surface area contributed by atoms with Gasteiger partial charge in [0, 0.05) is 12.1 Å². The number of terminal acetylenes is 1. The van der Waals surface area contributed by atoms with Gasteiger partial charge in [-0.1, -0.05) is 5.92 Å². The maximum atomic E-state index is 5.34. The Labute approximate surface area is 94.4 Å². The molecule has 0 radical (unpaired) electrons. The summed E-state index contributed by atoms with van der Waals surface area (Å²) in [5.74, 6) is 3.51. The van der Waals surface area contributed by atoms with Gasteiger partial charge < -0.3 is 5.32 Å². The van der Waals surface area contributed by atoms with Crippen LogP contribution in [0.25, 0.3) is 0 Å². The summed E-state index contributed by atoms with van der Waals surface area (Å²) in [6.45, 7) is 10.9. The van der Waals surface area contributed by atoms with Crippen LogP contribution in [0.5, 0.6) is 0 Å². The van der Waals surface area contributed by atoms with Gasteiger partial charge in [-0.2, -0.15) is 0 Å². The molecule has 1 unspecified atom stereocenters. The van der Waals surface area contributed by atoms with E-state index in [-0.39, 0.29) is 5.54 Å². The highest BCUT2D eigenvalue weighted by atomic mass is 15.1. The minimum absolute atomic E-state index is 0.231. The second kappa shape index (κ2) is 5.53. The average Bonchev–Trinajstić information content (AvgIpc) is 2.15. The summed E-state index contributed by atoms with van der Waals surface area (Å²) in [7, 11) is 0. The van der Waals surface area contributed by atoms with Crippen LogP contribution in [0, 0.1) is 18.3 Å². The van der Waals surface area contributed by atoms with E-state index in [1.807, 2.05) is 0 Å². The van der Waals surface area contributed by atoms with Crippen molar-refractivity contribution in [3.63, 3.8) is 0 Å². The van der Waals surface area contributed by atoms with Crippen molar-refractivity contribution in [3.05, 3.63) is 0 Å². The molecule has 0 aliphatic carbocycles. The second-order valence-electron chi connectivity index (χ2n) is 5.58. The van der Waals surface area contributed by atoms with Gasteiger partial charge in [-0.3, -0.25) is 4.90 Å². The number of nitrogens with one attached hydrogen (secondary N) is 1. The summed E-state index contributed by atoms with van der Waals surface area (Å²) in [5, 5.41) is 3.58. The summed E-state index contributed by atoms with van der Waals surface area (Å²) in [5.41, 5.74) is 0.231. The van der Waals surface area contributed by atoms with Crippen molar-refractivity contribution in [3.8, 4) is 12.3 Å². The minimum Gasteiger partial charge on any atom is -0.312 e. The number of likely N-dealkylation sites (tertiary alicyclic amines) is 1. The zero-order chi connectivity index (χ0) is 11.3. The first-order valence-corrected chi connectivity index (χ1v) is 5.92. The third-order valence-corrected chi connectivity index (χ3v) is 2.84. The molecule has 0 aromatic heterocycles. The molecule has 1 N–H and O–H groups in total. The molecule has 0 bridgehead atoms. The Bertz CT molecular complexity index is 222. The normalized spacial score (nSPS) is 23.7. The van der Waals surface area contributed by atoms with E-state index in [2.05, 4.69) is 36.9 Å². The number of piperidine rings is 1. The molecule has 86 valence electrons. The Kier molecular flexibility index (Phi) is 4.63. The maximum Gasteiger partial charge on any atom is 0.0599 e. The predicted molar refractivity (Wildman–Crippen MR) is 65.8 cm³/mol. The largest absolute Gasteiger partial charge is 0.312 e. The Morgan fingerprint density at radius 1 is 1.47 bits per heavy atom. The molecule has 2 heteroatoms. The van der Waals surface area contributed by atoms with Crippen LogP contribution in [-0.4, -0.2) is 36.6 Å². The van der Waals surface area contributed by atoms with Gasteiger partial charge in [0.15, 0.2) is 0 Å². The minimum atomic E-state index is 0.231. The van der Waals surface area contributed by atoms with Crippen molar-refractivity contribution in [2.24, 2.45) is 5.92 Å². The highest BCUT2D eigenvalue weighted by Gasteiger charge is 2.20. The monoisotopic (exact) mass is 208 g/mol. The van der Waals surface area contributed by atoms with Crippen molar-refractivity contribution >= 4 is 0 Å². The summed E-state index contributed by atoms with van der Waals surface area (Å²) >= 11 is 0. The second-order valence-corrected chi connectivity index (χ2v) is 5.58. The lowest BCUT2D eigenvalue weighted by Gasteiger charge is -2.33. The molecule has 0 aromatic rings. The topological polar surface area (TPSA) is 15.3 Å². The van der Waals surface area contributed by atoms with Crippen molar-refractivity contribution < 1.29 is 0 Å². The van der Waals surface area contributed by atoms with Crippen molar-refractivity contribution in [1.29, 1.82) is 0 Å². The lowest BCUT2D eigenvalue weighted by atomic mass is 9.96. The first-order chi connectivity index (χ1) is 7.01. The number of nitrogens with zero attached hydrogens (tertiary/aromatic N) is 1. The first-order valence-electron chi connectivity index (χ1n) is 5.92. The molecule has 15 heavy (non-hydrogen) atoms. The van der Waals surface area contributed by atoms with Crippen LogP contribution in [0.1, 0.15) is 33.6 Å². The van der Waals surface area contributed by atoms with E-state index < -0.39 is 0 Å². The average molecular weight is 208 g/mol. The quantitative estimate of drug-likeness (QED) is 0.711. The summed E-state index contributed by atoms with van der Waals surface area (Å²) in [6.07, 6.45) is 7.97. The van der Waals surface area contributed by atoms with Gasteiger partial charge in [0.25, 0.3) is 0 Å². The third-order valence-electron chi connectivity index (χ3n) is 2.84. The Morgan fingerprint density at radius 2 is 2.20 bits per heavy atom. The molecule has 0 saturated carbocycles. The molecule has 0 amide bonds. The van der Waals surface area contributed by atoms with Gasteiger partial charge in [-0.15, -0.1) is 6.42 Å². The zero-order valence-electron chi connectivity index (χ0n) is 10.3. The van der Waals surface area contributed by atoms with Gasteiger partial charge in [0.1, 0.15) is 0 Å². The Hall–Kier alpha value is -0.520. The molecular formula is C13H24N2. The summed E-state index contributed by atoms with van der Waals surface area (Å²) in [4.78, 5) is 2.39. The molecule has 1 rings (SSSR count). The SMILES string of the molecule is C#CCN1CCCC(CNC(C)(C)C)C1. The number of hydrogen-bond donors (Lipinski definition) is 1. The van der Waals surface area contributed by atoms with Crippen LogP contribution in [0.3, 0.4) is 0 Å². The van der Waals surface area contributed by atoms with E-state index in [0.717, 1.165) is 25.6 Å². The van der Waals surface area contributed by atoms with E-state index in [1.165, 1.54) is 19.4 Å². The van der Waals surface area contributed by atoms with Gasteiger partial charge in [-0.05, 0) is 52.6 Å². The molecule has 1 aliphatic rings. The number of rotatable bonds is 3. The standard InChI is InChI=1S/C13H24N2/c1-5-8-15-9-6-7-12(11-15)10-14-13(2,3)4/h1,12,14H,6-11H2,2-4H3. The van der Waals surface area contributed by atoms with Crippen LogP contribution >= 0.6 is 0 Å². The van der Waals surface area contributed by atoms with E-state index in [9.17, 15) is 0 Å². The van der Waals surface area contributed by atoms with Gasteiger partial charge in [-0.25, -0.2) is 0 Å². The van der Waals surface area contributed by atoms with Gasteiger partial charge >= 0.3 is 0 Å². The fraction of sp³-hybridized carbons (Fsp3) is 0.846. The van der Waals surface area contributed by atoms with Crippen molar-refractivity contribution in [2.75, 3.05) is 26.2 Å². The molecule has 1 atom stereocenters. The molecule has 0 spiro atoms. The third kappa shape index (κ3) is 5.20. The smallest absolute Gasteiger partial charge is 0.0599 e. The van der Waals surface area contributed by atoms with E-state index in [1.54, 1.807) is 0 Å². The molecule has 1 fully saturated rings. The van der Waals surface area contributed by atoms with Crippen molar-refractivity contribution in [1.82, 2.24) is 10.2 Å². The molecule has 1 aliphatic heterocycles. The van der Waals surface area contributed by atoms with Crippen LogP contribution in [-0.2, 0) is 0 Å². The Balaban J connectivity index is 2.28. The van der Waals surface area contributed by atoms with E-state index >= 15 is 0 Å². The van der Waals surface area contributed by atoms with Crippen LogP contribution in [0.15, 0.2) is 0 Å². The molecular weight excluding hydrogens is 184 g/mol. The molecule has 2 nitrogen and oxygen atoms in total. The maximum absolute atomic E-state index is 5.34. The van der Waals surface area contributed by atoms with Crippen LogP contribution in [0.4, 0.5) is 0 Å². The fourth-order valence-corrected chi connectivity index (χ4v) is 2.04. The molecule has 1 saturated heterocycles. The first kappa shape index (κ1) is 12.5. The van der Waals surface area contributed by atoms with E-state index in [0.29, 0.717) is 0 Å². The molecule has 1 heterocycles. The predicted octanol–water partition coefficient (Wildman–Crippen LogP) is 1.72. The van der Waals surface area contributed by atoms with Crippen LogP contribution < -0.4 is 5.32 Å².